The van der Waals surface area contributed by atoms with Gasteiger partial charge in [-0.3, -0.25) is 4.99 Å². The fraction of sp³-hybridized carbons (Fsp3) is 0.375. The summed E-state index contributed by atoms with van der Waals surface area (Å²) in [4.78, 5) is 8.57. The van der Waals surface area contributed by atoms with Crippen molar-refractivity contribution < 1.29 is 4.84 Å². The molecule has 0 bridgehead atoms. The SMILES string of the molecule is CN=CC(C)=C(N)/C=C/ONC. The van der Waals surface area contributed by atoms with Crippen LogP contribution in [-0.4, -0.2) is 20.3 Å². The molecule has 0 rings (SSSR count). The molecule has 0 spiro atoms. The average Bonchev–Trinajstić information content (AvgIpc) is 2.05. The number of nitrogens with two attached hydrogens (primary N) is 1. The summed E-state index contributed by atoms with van der Waals surface area (Å²) in [5, 5.41) is 0. The second-order valence-electron chi connectivity index (χ2n) is 2.15. The molecule has 12 heavy (non-hydrogen) atoms. The summed E-state index contributed by atoms with van der Waals surface area (Å²) in [6.45, 7) is 1.88. The number of hydroxylamine groups is 1. The van der Waals surface area contributed by atoms with Crippen LogP contribution in [0.1, 0.15) is 6.92 Å². The van der Waals surface area contributed by atoms with Crippen LogP contribution in [0.3, 0.4) is 0 Å². The summed E-state index contributed by atoms with van der Waals surface area (Å²) in [6, 6.07) is 0. The Morgan fingerprint density at radius 2 is 2.25 bits per heavy atom. The van der Waals surface area contributed by atoms with Crippen molar-refractivity contribution in [3.8, 4) is 0 Å². The van der Waals surface area contributed by atoms with Crippen molar-refractivity contribution in [1.82, 2.24) is 5.48 Å². The highest BCUT2D eigenvalue weighted by Gasteiger charge is 1.88. The number of hydrogen-bond acceptors (Lipinski definition) is 4. The minimum Gasteiger partial charge on any atom is -0.417 e. The van der Waals surface area contributed by atoms with E-state index in [0.29, 0.717) is 5.70 Å². The van der Waals surface area contributed by atoms with E-state index >= 15 is 0 Å². The Morgan fingerprint density at radius 1 is 1.58 bits per heavy atom. The van der Waals surface area contributed by atoms with Crippen molar-refractivity contribution in [2.75, 3.05) is 14.1 Å². The largest absolute Gasteiger partial charge is 0.417 e. The summed E-state index contributed by atoms with van der Waals surface area (Å²) in [6.07, 6.45) is 4.83. The summed E-state index contributed by atoms with van der Waals surface area (Å²) < 4.78 is 0. The lowest BCUT2D eigenvalue weighted by atomic mass is 10.2. The number of aliphatic imine (C=N–C) groups is 1. The fourth-order valence-corrected chi connectivity index (χ4v) is 0.575. The third kappa shape index (κ3) is 4.51. The van der Waals surface area contributed by atoms with Crippen LogP contribution in [0.2, 0.25) is 0 Å². The Labute approximate surface area is 72.8 Å². The Hall–Kier alpha value is -1.29. The smallest absolute Gasteiger partial charge is 0.113 e. The van der Waals surface area contributed by atoms with Crippen molar-refractivity contribution in [3.05, 3.63) is 23.6 Å². The van der Waals surface area contributed by atoms with Crippen LogP contribution < -0.4 is 11.2 Å². The molecule has 0 saturated carbocycles. The molecule has 0 aromatic carbocycles. The number of nitrogens with one attached hydrogen (secondary N) is 1. The van der Waals surface area contributed by atoms with Gasteiger partial charge in [-0.2, -0.15) is 5.48 Å². The number of nitrogens with zero attached hydrogens (tertiary/aromatic N) is 1. The first-order chi connectivity index (χ1) is 5.72. The third-order valence-electron chi connectivity index (χ3n) is 1.21. The van der Waals surface area contributed by atoms with E-state index in [1.54, 1.807) is 26.4 Å². The zero-order valence-corrected chi connectivity index (χ0v) is 7.66. The zero-order chi connectivity index (χ0) is 9.40. The van der Waals surface area contributed by atoms with Crippen LogP contribution >= 0.6 is 0 Å². The Balaban J connectivity index is 4.15. The lowest BCUT2D eigenvalue weighted by Gasteiger charge is -1.97. The van der Waals surface area contributed by atoms with E-state index < -0.39 is 0 Å². The topological polar surface area (TPSA) is 59.6 Å². The molecule has 4 heteroatoms. The molecule has 0 atom stereocenters. The maximum atomic E-state index is 5.64. The summed E-state index contributed by atoms with van der Waals surface area (Å²) in [5.41, 5.74) is 9.68. The van der Waals surface area contributed by atoms with Gasteiger partial charge in [0.05, 0.1) is 0 Å². The van der Waals surface area contributed by atoms with Crippen molar-refractivity contribution in [3.63, 3.8) is 0 Å². The Bertz CT molecular complexity index is 206. The third-order valence-corrected chi connectivity index (χ3v) is 1.21. The van der Waals surface area contributed by atoms with Gasteiger partial charge in [-0.05, 0) is 18.6 Å². The maximum Gasteiger partial charge on any atom is 0.113 e. The molecule has 0 aliphatic rings. The van der Waals surface area contributed by atoms with Gasteiger partial charge in [-0.25, -0.2) is 0 Å². The molecule has 0 heterocycles. The molecule has 0 aromatic rings. The van der Waals surface area contributed by atoms with Crippen LogP contribution in [0.15, 0.2) is 28.6 Å². The lowest BCUT2D eigenvalue weighted by Crippen LogP contribution is -2.03. The van der Waals surface area contributed by atoms with Gasteiger partial charge >= 0.3 is 0 Å². The Kier molecular flexibility index (Phi) is 5.73. The first kappa shape index (κ1) is 10.7. The Morgan fingerprint density at radius 3 is 2.75 bits per heavy atom. The molecule has 0 amide bonds. The average molecular weight is 169 g/mol. The quantitative estimate of drug-likeness (QED) is 0.280. The van der Waals surface area contributed by atoms with Crippen molar-refractivity contribution >= 4 is 6.21 Å². The van der Waals surface area contributed by atoms with Crippen LogP contribution in [-0.2, 0) is 4.84 Å². The predicted molar refractivity (Wildman–Crippen MR) is 50.6 cm³/mol. The zero-order valence-electron chi connectivity index (χ0n) is 7.66. The molecular formula is C8H15N3O. The predicted octanol–water partition coefficient (Wildman–Crippen LogP) is 0.584. The van der Waals surface area contributed by atoms with E-state index in [9.17, 15) is 0 Å². The molecule has 0 unspecified atom stereocenters. The minimum absolute atomic E-state index is 0.635. The van der Waals surface area contributed by atoms with Crippen LogP contribution in [0.25, 0.3) is 0 Å². The first-order valence-corrected chi connectivity index (χ1v) is 3.59. The van der Waals surface area contributed by atoms with Gasteiger partial charge in [0, 0.05) is 26.0 Å². The molecule has 3 N–H and O–H groups in total. The summed E-state index contributed by atoms with van der Waals surface area (Å²) >= 11 is 0. The highest BCUT2D eigenvalue weighted by Crippen LogP contribution is 1.95. The van der Waals surface area contributed by atoms with Gasteiger partial charge < -0.3 is 10.6 Å². The van der Waals surface area contributed by atoms with Crippen molar-refractivity contribution in [2.24, 2.45) is 10.7 Å². The normalized spacial score (nSPS) is 13.9. The second-order valence-corrected chi connectivity index (χ2v) is 2.15. The first-order valence-electron chi connectivity index (χ1n) is 3.59. The summed E-state index contributed by atoms with van der Waals surface area (Å²) in [5.74, 6) is 0. The molecule has 68 valence electrons. The highest BCUT2D eigenvalue weighted by molar-refractivity contribution is 5.79. The van der Waals surface area contributed by atoms with Gasteiger partial charge in [0.25, 0.3) is 0 Å². The molecule has 0 radical (unpaired) electrons. The van der Waals surface area contributed by atoms with E-state index in [1.165, 1.54) is 6.26 Å². The number of hydrogen-bond donors (Lipinski definition) is 2. The standard InChI is InChI=1S/C8H15N3O/c1-7(6-10-2)8(9)4-5-12-11-3/h4-6,11H,9H2,1-3H3/b5-4+,8-7?,10-6?. The van der Waals surface area contributed by atoms with Gasteiger partial charge in [0.2, 0.25) is 0 Å². The van der Waals surface area contributed by atoms with Gasteiger partial charge in [0.1, 0.15) is 6.26 Å². The van der Waals surface area contributed by atoms with Crippen molar-refractivity contribution in [1.29, 1.82) is 0 Å². The molecular weight excluding hydrogens is 154 g/mol. The van der Waals surface area contributed by atoms with Gasteiger partial charge in [-0.1, -0.05) is 0 Å². The van der Waals surface area contributed by atoms with Gasteiger partial charge in [0.15, 0.2) is 0 Å². The summed E-state index contributed by atoms with van der Waals surface area (Å²) in [7, 11) is 3.37. The second kappa shape index (κ2) is 6.42. The molecule has 0 aliphatic carbocycles. The molecule has 0 saturated heterocycles. The van der Waals surface area contributed by atoms with Crippen LogP contribution in [0, 0.1) is 0 Å². The van der Waals surface area contributed by atoms with Crippen LogP contribution in [0.5, 0.6) is 0 Å². The number of allylic oxidation sites excluding steroid dienone is 2. The van der Waals surface area contributed by atoms with E-state index in [1.807, 2.05) is 6.92 Å². The number of rotatable bonds is 4. The highest BCUT2D eigenvalue weighted by atomic mass is 16.6. The maximum absolute atomic E-state index is 5.64. The molecule has 4 nitrogen and oxygen atoms in total. The van der Waals surface area contributed by atoms with E-state index in [4.69, 9.17) is 10.6 Å². The fourth-order valence-electron chi connectivity index (χ4n) is 0.575. The van der Waals surface area contributed by atoms with Crippen molar-refractivity contribution in [2.45, 2.75) is 6.92 Å². The molecule has 0 aromatic heterocycles. The molecule has 0 aliphatic heterocycles. The monoisotopic (exact) mass is 169 g/mol. The van der Waals surface area contributed by atoms with E-state index in [2.05, 4.69) is 10.5 Å². The lowest BCUT2D eigenvalue weighted by molar-refractivity contribution is 0.158. The molecule has 0 fully saturated rings. The minimum atomic E-state index is 0.635. The van der Waals surface area contributed by atoms with Gasteiger partial charge in [-0.15, -0.1) is 0 Å². The van der Waals surface area contributed by atoms with E-state index in [-0.39, 0.29) is 0 Å². The van der Waals surface area contributed by atoms with Crippen LogP contribution in [0.4, 0.5) is 0 Å². The van der Waals surface area contributed by atoms with E-state index in [0.717, 1.165) is 5.57 Å².